The van der Waals surface area contributed by atoms with E-state index in [2.05, 4.69) is 38.1 Å². The van der Waals surface area contributed by atoms with E-state index in [0.29, 0.717) is 25.3 Å². The Morgan fingerprint density at radius 2 is 2.11 bits per heavy atom. The molecule has 4 aromatic rings. The summed E-state index contributed by atoms with van der Waals surface area (Å²) in [6.45, 7) is 3.74. The first kappa shape index (κ1) is 17.1. The summed E-state index contributed by atoms with van der Waals surface area (Å²) in [5.41, 5.74) is 3.50. The van der Waals surface area contributed by atoms with Crippen molar-refractivity contribution in [3.05, 3.63) is 71.9 Å². The van der Waals surface area contributed by atoms with E-state index in [4.69, 9.17) is 0 Å². The van der Waals surface area contributed by atoms with Crippen molar-refractivity contribution in [1.29, 1.82) is 0 Å². The molecule has 0 saturated heterocycles. The van der Waals surface area contributed by atoms with Gasteiger partial charge in [-0.2, -0.15) is 10.2 Å². The minimum Gasteiger partial charge on any atom is -0.341 e. The van der Waals surface area contributed by atoms with Gasteiger partial charge >= 0.3 is 0 Å². The zero-order valence-electron chi connectivity index (χ0n) is 15.5. The molecule has 7 heteroatoms. The van der Waals surface area contributed by atoms with E-state index in [0.717, 1.165) is 16.8 Å². The van der Waals surface area contributed by atoms with Crippen LogP contribution < -0.4 is 0 Å². The Bertz CT molecular complexity index is 1070. The number of aryl methyl sites for hydroxylation is 1. The van der Waals surface area contributed by atoms with Gasteiger partial charge in [-0.3, -0.25) is 14.6 Å². The molecule has 4 rings (SSSR count). The number of carbonyl (C=O) groups excluding carboxylic acids is 1. The number of nitrogens with one attached hydrogen (secondary N) is 1. The monoisotopic (exact) mass is 362 g/mol. The Balaban J connectivity index is 1.50. The van der Waals surface area contributed by atoms with Crippen molar-refractivity contribution in [2.24, 2.45) is 7.05 Å². The van der Waals surface area contributed by atoms with Crippen LogP contribution in [0.2, 0.25) is 0 Å². The minimum absolute atomic E-state index is 0.0822. The molecule has 0 spiro atoms. The molecule has 0 aliphatic rings. The molecule has 0 fully saturated rings. The molecule has 3 heterocycles. The molecule has 0 atom stereocenters. The van der Waals surface area contributed by atoms with Crippen molar-refractivity contribution >= 4 is 16.8 Å². The summed E-state index contributed by atoms with van der Waals surface area (Å²) in [6.07, 6.45) is 5.75. The van der Waals surface area contributed by atoms with Gasteiger partial charge in [-0.1, -0.05) is 18.2 Å². The molecule has 0 radical (unpaired) electrons. The van der Waals surface area contributed by atoms with Crippen LogP contribution in [0, 0.1) is 0 Å². The Morgan fingerprint density at radius 3 is 2.89 bits per heavy atom. The predicted octanol–water partition coefficient (Wildman–Crippen LogP) is 2.81. The number of amides is 1. The lowest BCUT2D eigenvalue weighted by atomic mass is 10.2. The lowest BCUT2D eigenvalue weighted by Gasteiger charge is -2.18. The van der Waals surface area contributed by atoms with E-state index in [-0.39, 0.29) is 5.91 Å². The van der Waals surface area contributed by atoms with Crippen LogP contribution in [0.25, 0.3) is 10.9 Å². The van der Waals surface area contributed by atoms with Crippen molar-refractivity contribution < 1.29 is 4.79 Å². The second-order valence-corrected chi connectivity index (χ2v) is 6.62. The quantitative estimate of drug-likeness (QED) is 0.573. The van der Waals surface area contributed by atoms with Crippen molar-refractivity contribution in [3.8, 4) is 0 Å². The lowest BCUT2D eigenvalue weighted by Crippen LogP contribution is -2.30. The number of benzene rings is 1. The van der Waals surface area contributed by atoms with Crippen LogP contribution in [0.3, 0.4) is 0 Å². The van der Waals surface area contributed by atoms with Gasteiger partial charge in [0.05, 0.1) is 18.4 Å². The SMILES string of the molecule is CCN(Cc1cnn(C)c1)C(=O)c1cc(Cn2ccc3ccccc32)[nH]n1. The van der Waals surface area contributed by atoms with E-state index in [9.17, 15) is 4.79 Å². The average molecular weight is 362 g/mol. The number of para-hydroxylation sites is 1. The van der Waals surface area contributed by atoms with Crippen LogP contribution in [-0.4, -0.2) is 41.9 Å². The third kappa shape index (κ3) is 3.48. The second-order valence-electron chi connectivity index (χ2n) is 6.62. The molecule has 138 valence electrons. The first-order valence-corrected chi connectivity index (χ1v) is 8.99. The number of H-pyrrole nitrogens is 1. The number of hydrogen-bond donors (Lipinski definition) is 1. The van der Waals surface area contributed by atoms with E-state index in [1.807, 2.05) is 44.6 Å². The van der Waals surface area contributed by atoms with Gasteiger partial charge in [0.25, 0.3) is 5.91 Å². The summed E-state index contributed by atoms with van der Waals surface area (Å²) in [5, 5.41) is 12.6. The van der Waals surface area contributed by atoms with E-state index >= 15 is 0 Å². The predicted molar refractivity (Wildman–Crippen MR) is 103 cm³/mol. The highest BCUT2D eigenvalue weighted by Gasteiger charge is 2.18. The first-order chi connectivity index (χ1) is 13.1. The molecular formula is C20H22N6O. The van der Waals surface area contributed by atoms with Gasteiger partial charge in [0.2, 0.25) is 0 Å². The molecule has 7 nitrogen and oxygen atoms in total. The maximum atomic E-state index is 12.8. The van der Waals surface area contributed by atoms with Crippen molar-refractivity contribution in [2.45, 2.75) is 20.0 Å². The number of aromatic nitrogens is 5. The second kappa shape index (κ2) is 7.11. The fourth-order valence-corrected chi connectivity index (χ4v) is 3.28. The summed E-state index contributed by atoms with van der Waals surface area (Å²) in [7, 11) is 1.87. The molecule has 1 amide bonds. The van der Waals surface area contributed by atoms with Crippen LogP contribution >= 0.6 is 0 Å². The summed E-state index contributed by atoms with van der Waals surface area (Å²) in [4.78, 5) is 14.6. The topological polar surface area (TPSA) is 71.7 Å². The minimum atomic E-state index is -0.0822. The zero-order valence-corrected chi connectivity index (χ0v) is 15.5. The fourth-order valence-electron chi connectivity index (χ4n) is 3.28. The summed E-state index contributed by atoms with van der Waals surface area (Å²) in [5.74, 6) is -0.0822. The molecule has 3 aromatic heterocycles. The smallest absolute Gasteiger partial charge is 0.274 e. The van der Waals surface area contributed by atoms with Crippen LogP contribution in [0.15, 0.2) is 55.0 Å². The normalized spacial score (nSPS) is 11.2. The fraction of sp³-hybridized carbons (Fsp3) is 0.250. The Labute approximate surface area is 157 Å². The standard InChI is InChI=1S/C20H22N6O/c1-3-25(13-15-11-21-24(2)12-15)20(27)18-10-17(22-23-18)14-26-9-8-16-6-4-5-7-19(16)26/h4-12H,3,13-14H2,1-2H3,(H,22,23). The van der Waals surface area contributed by atoms with Gasteiger partial charge in [-0.05, 0) is 30.5 Å². The highest BCUT2D eigenvalue weighted by molar-refractivity contribution is 5.92. The Morgan fingerprint density at radius 1 is 1.26 bits per heavy atom. The van der Waals surface area contributed by atoms with Gasteiger partial charge in [0, 0.05) is 43.6 Å². The Hall–Kier alpha value is -3.35. The van der Waals surface area contributed by atoms with Crippen molar-refractivity contribution in [3.63, 3.8) is 0 Å². The van der Waals surface area contributed by atoms with E-state index in [1.165, 1.54) is 5.39 Å². The van der Waals surface area contributed by atoms with Crippen molar-refractivity contribution in [2.75, 3.05) is 6.54 Å². The number of carbonyl (C=O) groups is 1. The lowest BCUT2D eigenvalue weighted by molar-refractivity contribution is 0.0746. The van der Waals surface area contributed by atoms with Gasteiger partial charge in [0.1, 0.15) is 5.69 Å². The number of aromatic amines is 1. The molecule has 27 heavy (non-hydrogen) atoms. The first-order valence-electron chi connectivity index (χ1n) is 8.99. The molecule has 0 bridgehead atoms. The molecule has 0 aliphatic heterocycles. The van der Waals surface area contributed by atoms with Crippen LogP contribution in [0.5, 0.6) is 0 Å². The third-order valence-electron chi connectivity index (χ3n) is 4.67. The highest BCUT2D eigenvalue weighted by Crippen LogP contribution is 2.17. The number of fused-ring (bicyclic) bond motifs is 1. The van der Waals surface area contributed by atoms with Gasteiger partial charge in [-0.15, -0.1) is 0 Å². The molecule has 1 N–H and O–H groups in total. The number of nitrogens with zero attached hydrogens (tertiary/aromatic N) is 5. The summed E-state index contributed by atoms with van der Waals surface area (Å²) in [6, 6.07) is 12.2. The summed E-state index contributed by atoms with van der Waals surface area (Å²) >= 11 is 0. The molecular weight excluding hydrogens is 340 g/mol. The molecule has 1 aromatic carbocycles. The average Bonchev–Trinajstić information content (AvgIpc) is 3.40. The largest absolute Gasteiger partial charge is 0.341 e. The molecule has 0 aliphatic carbocycles. The number of hydrogen-bond acceptors (Lipinski definition) is 3. The zero-order chi connectivity index (χ0) is 18.8. The van der Waals surface area contributed by atoms with E-state index in [1.54, 1.807) is 15.8 Å². The van der Waals surface area contributed by atoms with Crippen LogP contribution in [0.4, 0.5) is 0 Å². The molecule has 0 saturated carbocycles. The third-order valence-corrected chi connectivity index (χ3v) is 4.67. The summed E-state index contributed by atoms with van der Waals surface area (Å²) < 4.78 is 3.88. The van der Waals surface area contributed by atoms with Crippen molar-refractivity contribution in [1.82, 2.24) is 29.4 Å². The van der Waals surface area contributed by atoms with Gasteiger partial charge < -0.3 is 9.47 Å². The highest BCUT2D eigenvalue weighted by atomic mass is 16.2. The Kier molecular flexibility index (Phi) is 4.50. The van der Waals surface area contributed by atoms with Crippen LogP contribution in [-0.2, 0) is 20.1 Å². The van der Waals surface area contributed by atoms with Gasteiger partial charge in [0.15, 0.2) is 0 Å². The maximum absolute atomic E-state index is 12.8. The number of rotatable bonds is 6. The van der Waals surface area contributed by atoms with Gasteiger partial charge in [-0.25, -0.2) is 0 Å². The van der Waals surface area contributed by atoms with Crippen LogP contribution in [0.1, 0.15) is 28.7 Å². The van der Waals surface area contributed by atoms with E-state index < -0.39 is 0 Å². The molecule has 0 unspecified atom stereocenters. The maximum Gasteiger partial charge on any atom is 0.274 e.